The Balaban J connectivity index is 1.35. The Labute approximate surface area is 287 Å². The van der Waals surface area contributed by atoms with E-state index in [4.69, 9.17) is 4.74 Å². The van der Waals surface area contributed by atoms with E-state index in [0.717, 1.165) is 28.0 Å². The number of benzene rings is 6. The summed E-state index contributed by atoms with van der Waals surface area (Å²) in [6, 6.07) is 47.1. The van der Waals surface area contributed by atoms with Crippen LogP contribution in [-0.4, -0.2) is 14.3 Å². The highest BCUT2D eigenvalue weighted by molar-refractivity contribution is 7.92. The van der Waals surface area contributed by atoms with Crippen molar-refractivity contribution in [2.45, 2.75) is 31.5 Å². The van der Waals surface area contributed by atoms with Gasteiger partial charge in [0.15, 0.2) is 0 Å². The van der Waals surface area contributed by atoms with Gasteiger partial charge in [-0.25, -0.2) is 8.42 Å². The van der Waals surface area contributed by atoms with E-state index in [-0.39, 0.29) is 10.8 Å². The zero-order chi connectivity index (χ0) is 34.0. The van der Waals surface area contributed by atoms with E-state index >= 15 is 0 Å². The molecule has 1 aliphatic heterocycles. The molecule has 7 nitrogen and oxygen atoms in total. The van der Waals surface area contributed by atoms with Crippen LogP contribution in [0.5, 0.6) is 11.5 Å². The van der Waals surface area contributed by atoms with Crippen molar-refractivity contribution in [1.29, 1.82) is 0 Å². The van der Waals surface area contributed by atoms with Crippen molar-refractivity contribution in [2.24, 2.45) is 0 Å². The smallest absolute Gasteiger partial charge is 0.262 e. The molecular formula is C41H35N3O4S. The van der Waals surface area contributed by atoms with Gasteiger partial charge in [-0.15, -0.1) is 0 Å². The van der Waals surface area contributed by atoms with Crippen molar-refractivity contribution in [3.8, 4) is 11.5 Å². The van der Waals surface area contributed by atoms with Crippen molar-refractivity contribution in [3.05, 3.63) is 179 Å². The number of anilines is 3. The molecule has 0 spiro atoms. The SMILES string of the molecule is Cc1ccc(NS(=O)(=O)c2ccc3c(c2)C(=O)N(c2ccc(C)cc2)[C@@H](c2ccc(Oc4ccccc4)cc2)N3Cc2ccccc2)cc1. The van der Waals surface area contributed by atoms with Crippen molar-refractivity contribution < 1.29 is 17.9 Å². The molecule has 0 saturated heterocycles. The first kappa shape index (κ1) is 31.7. The Kier molecular flexibility index (Phi) is 8.63. The van der Waals surface area contributed by atoms with E-state index < -0.39 is 16.2 Å². The van der Waals surface area contributed by atoms with E-state index in [9.17, 15) is 13.2 Å². The molecule has 6 aromatic rings. The van der Waals surface area contributed by atoms with Gasteiger partial charge >= 0.3 is 0 Å². The molecule has 1 atom stereocenters. The number of ether oxygens (including phenoxy) is 1. The molecule has 0 saturated carbocycles. The van der Waals surface area contributed by atoms with Crippen molar-refractivity contribution in [2.75, 3.05) is 14.5 Å². The average Bonchev–Trinajstić information content (AvgIpc) is 3.12. The van der Waals surface area contributed by atoms with Crippen LogP contribution in [0.3, 0.4) is 0 Å². The minimum absolute atomic E-state index is 0.00422. The quantitative estimate of drug-likeness (QED) is 0.167. The van der Waals surface area contributed by atoms with Gasteiger partial charge in [0.2, 0.25) is 0 Å². The van der Waals surface area contributed by atoms with Crippen molar-refractivity contribution in [1.82, 2.24) is 0 Å². The summed E-state index contributed by atoms with van der Waals surface area (Å²) in [6.07, 6.45) is -0.554. The number of sulfonamides is 1. The second-order valence-electron chi connectivity index (χ2n) is 12.1. The predicted molar refractivity (Wildman–Crippen MR) is 195 cm³/mol. The third-order valence-electron chi connectivity index (χ3n) is 8.55. The molecule has 1 heterocycles. The number of rotatable bonds is 9. The Hall–Kier alpha value is -5.86. The van der Waals surface area contributed by atoms with Gasteiger partial charge in [-0.1, -0.05) is 96.1 Å². The maximum Gasteiger partial charge on any atom is 0.262 e. The monoisotopic (exact) mass is 665 g/mol. The van der Waals surface area contributed by atoms with Gasteiger partial charge in [0, 0.05) is 17.9 Å². The summed E-state index contributed by atoms with van der Waals surface area (Å²) in [5.74, 6) is 1.10. The zero-order valence-electron chi connectivity index (χ0n) is 27.2. The second-order valence-corrected chi connectivity index (χ2v) is 13.8. The summed E-state index contributed by atoms with van der Waals surface area (Å²) < 4.78 is 36.0. The lowest BCUT2D eigenvalue weighted by molar-refractivity contribution is 0.0968. The van der Waals surface area contributed by atoms with Gasteiger partial charge in [-0.3, -0.25) is 14.4 Å². The topological polar surface area (TPSA) is 79.0 Å². The first-order chi connectivity index (χ1) is 23.7. The highest BCUT2D eigenvalue weighted by Crippen LogP contribution is 2.43. The Morgan fingerprint density at radius 2 is 1.27 bits per heavy atom. The molecule has 0 aliphatic carbocycles. The van der Waals surface area contributed by atoms with Gasteiger partial charge in [0.05, 0.1) is 16.1 Å². The summed E-state index contributed by atoms with van der Waals surface area (Å²) >= 11 is 0. The molecular weight excluding hydrogens is 631 g/mol. The van der Waals surface area contributed by atoms with Crippen LogP contribution in [0.1, 0.15) is 38.8 Å². The first-order valence-electron chi connectivity index (χ1n) is 16.0. The summed E-state index contributed by atoms with van der Waals surface area (Å²) in [4.78, 5) is 18.6. The first-order valence-corrected chi connectivity index (χ1v) is 17.5. The molecule has 7 rings (SSSR count). The number of nitrogens with zero attached hydrogens (tertiary/aromatic N) is 2. The Morgan fingerprint density at radius 3 is 1.92 bits per heavy atom. The predicted octanol–water partition coefficient (Wildman–Crippen LogP) is 9.26. The molecule has 1 amide bonds. The fourth-order valence-corrected chi connectivity index (χ4v) is 7.11. The van der Waals surface area contributed by atoms with E-state index in [1.165, 1.54) is 6.07 Å². The van der Waals surface area contributed by atoms with E-state index in [1.54, 1.807) is 29.2 Å². The lowest BCUT2D eigenvalue weighted by atomic mass is 9.98. The van der Waals surface area contributed by atoms with Gasteiger partial charge in [0.1, 0.15) is 17.7 Å². The van der Waals surface area contributed by atoms with Gasteiger partial charge in [-0.05, 0) is 91.7 Å². The molecule has 0 radical (unpaired) electrons. The molecule has 0 aromatic heterocycles. The summed E-state index contributed by atoms with van der Waals surface area (Å²) in [6.45, 7) is 4.40. The standard InChI is InChI=1S/C41H35N3O4S/c1-29-13-19-33(20-14-29)42-49(46,47)37-25-26-39-38(27-37)41(45)44(34-21-15-30(2)16-22-34)40(43(39)28-31-9-5-3-6-10-31)32-17-23-36(24-18-32)48-35-11-7-4-8-12-35/h3-27,40,42H,28H2,1-2H3/t40-/m0/s1. The third kappa shape index (κ3) is 6.77. The molecule has 49 heavy (non-hydrogen) atoms. The number of aryl methyl sites for hydroxylation is 2. The number of para-hydroxylation sites is 1. The molecule has 0 unspecified atom stereocenters. The zero-order valence-corrected chi connectivity index (χ0v) is 28.0. The highest BCUT2D eigenvalue weighted by atomic mass is 32.2. The molecule has 0 fully saturated rings. The molecule has 1 N–H and O–H groups in total. The average molecular weight is 666 g/mol. The number of carbonyl (C=O) groups excluding carboxylic acids is 1. The molecule has 0 bridgehead atoms. The van der Waals surface area contributed by atoms with Gasteiger partial charge in [-0.2, -0.15) is 0 Å². The van der Waals surface area contributed by atoms with Crippen LogP contribution in [0, 0.1) is 13.8 Å². The molecule has 6 aromatic carbocycles. The normalized spacial score (nSPS) is 14.3. The van der Waals surface area contributed by atoms with E-state index in [0.29, 0.717) is 34.9 Å². The Morgan fingerprint density at radius 1 is 0.673 bits per heavy atom. The summed E-state index contributed by atoms with van der Waals surface area (Å²) in [5, 5.41) is 0. The Bertz CT molecular complexity index is 2190. The minimum Gasteiger partial charge on any atom is -0.457 e. The number of carbonyl (C=O) groups is 1. The number of hydrogen-bond acceptors (Lipinski definition) is 5. The maximum absolute atomic E-state index is 14.7. The van der Waals surface area contributed by atoms with Crippen LogP contribution >= 0.6 is 0 Å². The lowest BCUT2D eigenvalue weighted by Crippen LogP contribution is -2.49. The number of nitrogens with one attached hydrogen (secondary N) is 1. The number of amides is 1. The molecule has 1 aliphatic rings. The number of fused-ring (bicyclic) bond motifs is 1. The van der Waals surface area contributed by atoms with Crippen LogP contribution in [-0.2, 0) is 16.6 Å². The lowest BCUT2D eigenvalue weighted by Gasteiger charge is -2.46. The van der Waals surface area contributed by atoms with E-state index in [2.05, 4.69) is 9.62 Å². The third-order valence-corrected chi connectivity index (χ3v) is 9.92. The second kappa shape index (κ2) is 13.3. The van der Waals surface area contributed by atoms with Crippen LogP contribution in [0.15, 0.2) is 157 Å². The fraction of sp³-hybridized carbons (Fsp3) is 0.0976. The van der Waals surface area contributed by atoms with Crippen LogP contribution in [0.25, 0.3) is 0 Å². The molecule has 244 valence electrons. The van der Waals surface area contributed by atoms with E-state index in [1.807, 2.05) is 135 Å². The highest BCUT2D eigenvalue weighted by Gasteiger charge is 2.40. The van der Waals surface area contributed by atoms with Crippen LogP contribution in [0.2, 0.25) is 0 Å². The van der Waals surface area contributed by atoms with Crippen molar-refractivity contribution >= 4 is 33.0 Å². The van der Waals surface area contributed by atoms with Gasteiger partial charge in [0.25, 0.3) is 15.9 Å². The van der Waals surface area contributed by atoms with Gasteiger partial charge < -0.3 is 9.64 Å². The van der Waals surface area contributed by atoms with Crippen LogP contribution in [0.4, 0.5) is 17.1 Å². The maximum atomic E-state index is 14.7. The molecule has 8 heteroatoms. The fourth-order valence-electron chi connectivity index (χ4n) is 6.03. The largest absolute Gasteiger partial charge is 0.457 e. The number of hydrogen-bond donors (Lipinski definition) is 1. The van der Waals surface area contributed by atoms with Crippen molar-refractivity contribution in [3.63, 3.8) is 0 Å². The van der Waals surface area contributed by atoms with Crippen LogP contribution < -0.4 is 19.3 Å². The minimum atomic E-state index is -4.00. The summed E-state index contributed by atoms with van der Waals surface area (Å²) in [5.41, 5.74) is 6.06. The summed E-state index contributed by atoms with van der Waals surface area (Å²) in [7, 11) is -4.00.